The molecular formula is C22H28N2O. The minimum Gasteiger partial charge on any atom is -0.383 e. The lowest BCUT2D eigenvalue weighted by Crippen LogP contribution is -2.41. The van der Waals surface area contributed by atoms with Gasteiger partial charge in [0.15, 0.2) is 5.78 Å². The maximum absolute atomic E-state index is 12.8. The highest BCUT2D eigenvalue weighted by Crippen LogP contribution is 2.36. The van der Waals surface area contributed by atoms with Crippen LogP contribution in [0.15, 0.2) is 40.5 Å². The fraction of sp³-hybridized carbons (Fsp3) is 0.545. The Morgan fingerprint density at radius 3 is 2.60 bits per heavy atom. The van der Waals surface area contributed by atoms with E-state index in [2.05, 4.69) is 43.4 Å². The molecule has 0 radical (unpaired) electrons. The van der Waals surface area contributed by atoms with E-state index < -0.39 is 0 Å². The molecule has 2 aliphatic carbocycles. The number of nitrogens with one attached hydrogen (secondary N) is 1. The molecule has 0 saturated heterocycles. The van der Waals surface area contributed by atoms with Crippen molar-refractivity contribution in [2.24, 2.45) is 4.99 Å². The first-order valence-electron chi connectivity index (χ1n) is 9.77. The summed E-state index contributed by atoms with van der Waals surface area (Å²) in [7, 11) is 0. The van der Waals surface area contributed by atoms with Crippen LogP contribution in [0.1, 0.15) is 75.3 Å². The molecule has 0 spiro atoms. The summed E-state index contributed by atoms with van der Waals surface area (Å²) in [6.07, 6.45) is 8.23. The van der Waals surface area contributed by atoms with Gasteiger partial charge in [0.1, 0.15) is 0 Å². The van der Waals surface area contributed by atoms with E-state index in [0.29, 0.717) is 24.4 Å². The van der Waals surface area contributed by atoms with Gasteiger partial charge in [-0.2, -0.15) is 0 Å². The number of nitrogens with zero attached hydrogens (tertiary/aromatic N) is 1. The van der Waals surface area contributed by atoms with E-state index in [1.807, 2.05) is 6.21 Å². The highest BCUT2D eigenvalue weighted by Gasteiger charge is 2.33. The van der Waals surface area contributed by atoms with Gasteiger partial charge in [-0.1, -0.05) is 51.0 Å². The van der Waals surface area contributed by atoms with E-state index >= 15 is 0 Å². The second-order valence-corrected chi connectivity index (χ2v) is 8.12. The zero-order valence-corrected chi connectivity index (χ0v) is 15.3. The maximum Gasteiger partial charge on any atom is 0.166 e. The average molecular weight is 336 g/mol. The van der Waals surface area contributed by atoms with Crippen LogP contribution >= 0.6 is 0 Å². The summed E-state index contributed by atoms with van der Waals surface area (Å²) in [5.41, 5.74) is 4.61. The van der Waals surface area contributed by atoms with E-state index in [9.17, 15) is 4.79 Å². The number of aliphatic imine (C=N–C) groups is 1. The predicted octanol–water partition coefficient (Wildman–Crippen LogP) is 4.50. The number of ketones is 1. The Kier molecular flexibility index (Phi) is 4.49. The van der Waals surface area contributed by atoms with Crippen LogP contribution in [0.4, 0.5) is 0 Å². The van der Waals surface area contributed by atoms with Gasteiger partial charge < -0.3 is 5.32 Å². The number of allylic oxidation sites excluding steroid dienone is 2. The van der Waals surface area contributed by atoms with Gasteiger partial charge in [-0.05, 0) is 42.2 Å². The van der Waals surface area contributed by atoms with Crippen molar-refractivity contribution in [2.45, 2.75) is 76.3 Å². The maximum atomic E-state index is 12.8. The second-order valence-electron chi connectivity index (χ2n) is 8.12. The summed E-state index contributed by atoms with van der Waals surface area (Å²) in [4.78, 5) is 17.5. The molecule has 0 aromatic heterocycles. The van der Waals surface area contributed by atoms with Crippen molar-refractivity contribution in [1.29, 1.82) is 0 Å². The topological polar surface area (TPSA) is 41.5 Å². The molecule has 132 valence electrons. The van der Waals surface area contributed by atoms with Gasteiger partial charge in [-0.15, -0.1) is 0 Å². The van der Waals surface area contributed by atoms with Crippen LogP contribution in [0.2, 0.25) is 0 Å². The Morgan fingerprint density at radius 2 is 1.84 bits per heavy atom. The van der Waals surface area contributed by atoms with Crippen LogP contribution in [0, 0.1) is 0 Å². The summed E-state index contributed by atoms with van der Waals surface area (Å²) in [5.74, 6) is 1.07. The predicted molar refractivity (Wildman–Crippen MR) is 102 cm³/mol. The van der Waals surface area contributed by atoms with Crippen LogP contribution in [0.3, 0.4) is 0 Å². The SMILES string of the molecule is CC(C)c1ccc([C@@H]2CC(=O)C3=C(C2)N[C@@H]2CCCC[C@H]2N=C3)cc1. The number of hydrogen-bond donors (Lipinski definition) is 1. The molecule has 1 N–H and O–H groups in total. The quantitative estimate of drug-likeness (QED) is 0.864. The molecule has 0 bridgehead atoms. The lowest BCUT2D eigenvalue weighted by atomic mass is 9.81. The fourth-order valence-corrected chi connectivity index (χ4v) is 4.46. The summed E-state index contributed by atoms with van der Waals surface area (Å²) in [5, 5.41) is 3.71. The second kappa shape index (κ2) is 6.78. The summed E-state index contributed by atoms with van der Waals surface area (Å²) in [6.45, 7) is 4.43. The van der Waals surface area contributed by atoms with Crippen molar-refractivity contribution in [2.75, 3.05) is 0 Å². The summed E-state index contributed by atoms with van der Waals surface area (Å²) in [6, 6.07) is 9.62. The third-order valence-corrected chi connectivity index (χ3v) is 6.07. The van der Waals surface area contributed by atoms with E-state index in [1.165, 1.54) is 30.4 Å². The van der Waals surface area contributed by atoms with Crippen molar-refractivity contribution in [3.8, 4) is 0 Å². The van der Waals surface area contributed by atoms with Crippen LogP contribution in [-0.2, 0) is 4.79 Å². The number of rotatable bonds is 2. The zero-order chi connectivity index (χ0) is 17.4. The molecule has 3 aliphatic rings. The normalized spacial score (nSPS) is 29.1. The molecule has 3 atom stereocenters. The summed E-state index contributed by atoms with van der Waals surface area (Å²) >= 11 is 0. The van der Waals surface area contributed by atoms with E-state index in [-0.39, 0.29) is 11.7 Å². The van der Waals surface area contributed by atoms with Crippen LogP contribution in [0.25, 0.3) is 0 Å². The number of fused-ring (bicyclic) bond motifs is 1. The van der Waals surface area contributed by atoms with Gasteiger partial charge in [-0.3, -0.25) is 9.79 Å². The van der Waals surface area contributed by atoms with Gasteiger partial charge in [0.05, 0.1) is 11.6 Å². The summed E-state index contributed by atoms with van der Waals surface area (Å²) < 4.78 is 0. The molecule has 1 saturated carbocycles. The Labute approximate surface area is 150 Å². The molecular weight excluding hydrogens is 308 g/mol. The van der Waals surface area contributed by atoms with Crippen molar-refractivity contribution >= 4 is 12.0 Å². The Morgan fingerprint density at radius 1 is 1.08 bits per heavy atom. The standard InChI is InChI=1S/C22H28N2O/c1-14(2)15-7-9-16(10-8-15)17-11-21-18(22(25)12-17)13-23-19-5-3-4-6-20(19)24-21/h7-10,13-14,17,19-20,24H,3-6,11-12H2,1-2H3/t17-,19+,20+/m0/s1. The molecule has 1 aromatic rings. The molecule has 3 nitrogen and oxygen atoms in total. The lowest BCUT2D eigenvalue weighted by molar-refractivity contribution is -0.115. The molecule has 3 heteroatoms. The van der Waals surface area contributed by atoms with Gasteiger partial charge in [0.25, 0.3) is 0 Å². The van der Waals surface area contributed by atoms with E-state index in [0.717, 1.165) is 24.1 Å². The van der Waals surface area contributed by atoms with Gasteiger partial charge >= 0.3 is 0 Å². The monoisotopic (exact) mass is 336 g/mol. The van der Waals surface area contributed by atoms with Crippen molar-refractivity contribution in [3.05, 3.63) is 46.7 Å². The number of carbonyl (C=O) groups excluding carboxylic acids is 1. The number of carbonyl (C=O) groups is 1. The van der Waals surface area contributed by atoms with Crippen LogP contribution in [0.5, 0.6) is 0 Å². The highest BCUT2D eigenvalue weighted by atomic mass is 16.1. The third-order valence-electron chi connectivity index (χ3n) is 6.07. The molecule has 1 aliphatic heterocycles. The molecule has 0 amide bonds. The average Bonchev–Trinajstić information content (AvgIpc) is 2.81. The third kappa shape index (κ3) is 3.29. The Bertz CT molecular complexity index is 714. The molecule has 1 fully saturated rings. The minimum atomic E-state index is 0.245. The van der Waals surface area contributed by atoms with Crippen molar-refractivity contribution in [1.82, 2.24) is 5.32 Å². The lowest BCUT2D eigenvalue weighted by Gasteiger charge is -2.32. The van der Waals surface area contributed by atoms with Crippen LogP contribution in [-0.4, -0.2) is 24.1 Å². The zero-order valence-electron chi connectivity index (χ0n) is 15.3. The largest absolute Gasteiger partial charge is 0.383 e. The van der Waals surface area contributed by atoms with Crippen molar-refractivity contribution in [3.63, 3.8) is 0 Å². The minimum absolute atomic E-state index is 0.245. The molecule has 0 unspecified atom stereocenters. The molecule has 1 heterocycles. The Hall–Kier alpha value is -1.90. The van der Waals surface area contributed by atoms with Gasteiger partial charge in [0, 0.05) is 24.4 Å². The van der Waals surface area contributed by atoms with Crippen LogP contribution < -0.4 is 5.32 Å². The van der Waals surface area contributed by atoms with Gasteiger partial charge in [0.2, 0.25) is 0 Å². The molecule has 4 rings (SSSR count). The first-order valence-corrected chi connectivity index (χ1v) is 9.77. The highest BCUT2D eigenvalue weighted by molar-refractivity contribution is 6.15. The molecule has 1 aromatic carbocycles. The van der Waals surface area contributed by atoms with E-state index in [4.69, 9.17) is 4.99 Å². The number of hydrogen-bond acceptors (Lipinski definition) is 3. The Balaban J connectivity index is 1.57. The number of Topliss-reactive ketones (excluding diaryl/α,β-unsaturated/α-hetero) is 1. The molecule has 25 heavy (non-hydrogen) atoms. The first-order chi connectivity index (χ1) is 12.1. The smallest absolute Gasteiger partial charge is 0.166 e. The first kappa shape index (κ1) is 16.6. The fourth-order valence-electron chi connectivity index (χ4n) is 4.46. The van der Waals surface area contributed by atoms with Crippen molar-refractivity contribution < 1.29 is 4.79 Å². The van der Waals surface area contributed by atoms with Gasteiger partial charge in [-0.25, -0.2) is 0 Å². The number of benzene rings is 1. The van der Waals surface area contributed by atoms with E-state index in [1.54, 1.807) is 0 Å².